The number of nitrogens with zero attached hydrogens (tertiary/aromatic N) is 2. The molecule has 2 aliphatic heterocycles. The Hall–Kier alpha value is -2.69. The zero-order valence-corrected chi connectivity index (χ0v) is 18.9. The van der Waals surface area contributed by atoms with Crippen molar-refractivity contribution in [2.24, 2.45) is 5.92 Å². The lowest BCUT2D eigenvalue weighted by atomic mass is 9.86. The van der Waals surface area contributed by atoms with Crippen LogP contribution in [0.15, 0.2) is 42.5 Å². The van der Waals surface area contributed by atoms with Gasteiger partial charge in [-0.3, -0.25) is 4.79 Å². The number of carbonyl (C=O) groups is 1. The van der Waals surface area contributed by atoms with Crippen molar-refractivity contribution in [1.82, 2.24) is 0 Å². The molecular weight excluding hydrogens is 376 g/mol. The van der Waals surface area contributed by atoms with Crippen LogP contribution in [-0.2, 0) is 14.9 Å². The van der Waals surface area contributed by atoms with Crippen LogP contribution in [0.25, 0.3) is 0 Å². The van der Waals surface area contributed by atoms with Gasteiger partial charge in [0.15, 0.2) is 0 Å². The van der Waals surface area contributed by atoms with Gasteiger partial charge in [0.2, 0.25) is 0 Å². The van der Waals surface area contributed by atoms with Gasteiger partial charge in [-0.1, -0.05) is 32.9 Å². The van der Waals surface area contributed by atoms with Crippen LogP contribution >= 0.6 is 0 Å². The Morgan fingerprint density at radius 3 is 2.47 bits per heavy atom. The van der Waals surface area contributed by atoms with Crippen molar-refractivity contribution in [3.8, 4) is 5.75 Å². The Kier molecular flexibility index (Phi) is 4.95. The molecule has 0 aromatic heterocycles. The van der Waals surface area contributed by atoms with Gasteiger partial charge in [0.1, 0.15) is 11.4 Å². The van der Waals surface area contributed by atoms with Crippen molar-refractivity contribution in [1.29, 1.82) is 0 Å². The highest BCUT2D eigenvalue weighted by Crippen LogP contribution is 2.44. The monoisotopic (exact) mass is 408 g/mol. The Bertz CT molecular complexity index is 955. The summed E-state index contributed by atoms with van der Waals surface area (Å²) >= 11 is 0. The SMILES string of the molecule is COC(=O)C1CN(c2cccc(N3CC(C)(C)Oc4cc(C(C)(C)C)ccc43)c2)C1. The number of hydrogen-bond donors (Lipinski definition) is 0. The maximum absolute atomic E-state index is 11.7. The number of esters is 1. The largest absolute Gasteiger partial charge is 0.484 e. The predicted octanol–water partition coefficient (Wildman–Crippen LogP) is 4.90. The molecule has 2 aromatic carbocycles. The van der Waals surface area contributed by atoms with E-state index in [0.29, 0.717) is 13.1 Å². The average molecular weight is 409 g/mol. The molecule has 0 spiro atoms. The molecule has 1 saturated heterocycles. The third-order valence-corrected chi connectivity index (χ3v) is 5.96. The van der Waals surface area contributed by atoms with Crippen LogP contribution in [0.4, 0.5) is 17.1 Å². The molecule has 0 saturated carbocycles. The highest BCUT2D eigenvalue weighted by atomic mass is 16.5. The van der Waals surface area contributed by atoms with E-state index in [2.05, 4.69) is 86.9 Å². The van der Waals surface area contributed by atoms with Crippen molar-refractivity contribution in [2.45, 2.75) is 45.6 Å². The summed E-state index contributed by atoms with van der Waals surface area (Å²) in [4.78, 5) is 16.3. The Morgan fingerprint density at radius 2 is 1.80 bits per heavy atom. The zero-order valence-electron chi connectivity index (χ0n) is 18.9. The fraction of sp³-hybridized carbons (Fsp3) is 0.480. The van der Waals surface area contributed by atoms with Gasteiger partial charge >= 0.3 is 5.97 Å². The van der Waals surface area contributed by atoms with Crippen molar-refractivity contribution in [3.05, 3.63) is 48.0 Å². The lowest BCUT2D eigenvalue weighted by molar-refractivity contribution is -0.146. The highest BCUT2D eigenvalue weighted by molar-refractivity contribution is 5.78. The number of hydrogen-bond acceptors (Lipinski definition) is 5. The fourth-order valence-corrected chi connectivity index (χ4v) is 4.17. The molecule has 1 fully saturated rings. The van der Waals surface area contributed by atoms with Crippen LogP contribution in [-0.4, -0.2) is 38.3 Å². The molecule has 0 aliphatic carbocycles. The number of benzene rings is 2. The number of anilines is 3. The van der Waals surface area contributed by atoms with Gasteiger partial charge < -0.3 is 19.3 Å². The number of methoxy groups -OCH3 is 1. The lowest BCUT2D eigenvalue weighted by Crippen LogP contribution is -2.51. The van der Waals surface area contributed by atoms with Gasteiger partial charge in [-0.2, -0.15) is 0 Å². The molecule has 0 amide bonds. The first kappa shape index (κ1) is 20.6. The Morgan fingerprint density at radius 1 is 1.10 bits per heavy atom. The van der Waals surface area contributed by atoms with Gasteiger partial charge in [-0.15, -0.1) is 0 Å². The molecule has 0 radical (unpaired) electrons. The summed E-state index contributed by atoms with van der Waals surface area (Å²) in [6.45, 7) is 13.1. The van der Waals surface area contributed by atoms with Crippen LogP contribution in [0.2, 0.25) is 0 Å². The van der Waals surface area contributed by atoms with Crippen molar-refractivity contribution >= 4 is 23.0 Å². The standard InChI is InChI=1S/C25H32N2O3/c1-24(2,3)18-10-11-21-22(12-18)30-25(4,5)16-27(21)20-9-7-8-19(13-20)26-14-17(15-26)23(28)29-6/h7-13,17H,14-16H2,1-6H3. The van der Waals surface area contributed by atoms with Gasteiger partial charge in [-0.05, 0) is 55.2 Å². The molecule has 0 N–H and O–H groups in total. The minimum Gasteiger partial charge on any atom is -0.484 e. The normalized spacial score (nSPS) is 18.3. The second kappa shape index (κ2) is 7.22. The van der Waals surface area contributed by atoms with E-state index in [4.69, 9.17) is 9.47 Å². The molecule has 0 atom stereocenters. The Balaban J connectivity index is 1.64. The molecule has 5 heteroatoms. The van der Waals surface area contributed by atoms with Gasteiger partial charge in [-0.25, -0.2) is 0 Å². The highest BCUT2D eigenvalue weighted by Gasteiger charge is 2.35. The van der Waals surface area contributed by atoms with Crippen LogP contribution < -0.4 is 14.5 Å². The second-order valence-corrected chi connectivity index (χ2v) is 10.0. The van der Waals surface area contributed by atoms with Gasteiger partial charge in [0, 0.05) is 24.5 Å². The molecule has 4 rings (SSSR count). The molecular formula is C25H32N2O3. The number of fused-ring (bicyclic) bond motifs is 1. The molecule has 2 aliphatic rings. The smallest absolute Gasteiger partial charge is 0.312 e. The minimum absolute atomic E-state index is 0.0301. The molecule has 2 aromatic rings. The first-order valence-corrected chi connectivity index (χ1v) is 10.6. The summed E-state index contributed by atoms with van der Waals surface area (Å²) < 4.78 is 11.2. The van der Waals surface area contributed by atoms with Crippen LogP contribution in [0.5, 0.6) is 5.75 Å². The van der Waals surface area contributed by atoms with Crippen molar-refractivity contribution in [2.75, 3.05) is 36.5 Å². The van der Waals surface area contributed by atoms with Crippen LogP contribution in [0.3, 0.4) is 0 Å². The lowest BCUT2D eigenvalue weighted by Gasteiger charge is -2.42. The first-order chi connectivity index (χ1) is 14.1. The van der Waals surface area contributed by atoms with Crippen LogP contribution in [0, 0.1) is 5.92 Å². The maximum atomic E-state index is 11.7. The predicted molar refractivity (Wildman–Crippen MR) is 121 cm³/mol. The van der Waals surface area contributed by atoms with E-state index in [1.807, 2.05) is 0 Å². The molecule has 0 bridgehead atoms. The molecule has 5 nitrogen and oxygen atoms in total. The average Bonchev–Trinajstić information content (AvgIpc) is 2.64. The number of ether oxygens (including phenoxy) is 2. The summed E-state index contributed by atoms with van der Waals surface area (Å²) in [6.07, 6.45) is 0. The minimum atomic E-state index is -0.299. The molecule has 30 heavy (non-hydrogen) atoms. The van der Waals surface area contributed by atoms with Gasteiger partial charge in [0.25, 0.3) is 0 Å². The third kappa shape index (κ3) is 3.85. The van der Waals surface area contributed by atoms with Crippen LogP contribution in [0.1, 0.15) is 40.2 Å². The summed E-state index contributed by atoms with van der Waals surface area (Å²) in [5.74, 6) is 0.775. The number of carbonyl (C=O) groups excluding carboxylic acids is 1. The summed E-state index contributed by atoms with van der Waals surface area (Å²) in [5.41, 5.74) is 4.39. The van der Waals surface area contributed by atoms with E-state index < -0.39 is 0 Å². The second-order valence-electron chi connectivity index (χ2n) is 10.0. The van der Waals surface area contributed by atoms with E-state index in [0.717, 1.165) is 29.4 Å². The molecule has 2 heterocycles. The zero-order chi connectivity index (χ0) is 21.7. The van der Waals surface area contributed by atoms with E-state index >= 15 is 0 Å². The first-order valence-electron chi connectivity index (χ1n) is 10.6. The van der Waals surface area contributed by atoms with Crippen molar-refractivity contribution in [3.63, 3.8) is 0 Å². The summed E-state index contributed by atoms with van der Waals surface area (Å²) in [5, 5.41) is 0. The van der Waals surface area contributed by atoms with E-state index in [-0.39, 0.29) is 22.9 Å². The van der Waals surface area contributed by atoms with E-state index in [1.165, 1.54) is 12.7 Å². The van der Waals surface area contributed by atoms with Gasteiger partial charge in [0.05, 0.1) is 25.3 Å². The maximum Gasteiger partial charge on any atom is 0.312 e. The topological polar surface area (TPSA) is 42.0 Å². The summed E-state index contributed by atoms with van der Waals surface area (Å²) in [6, 6.07) is 15.1. The number of rotatable bonds is 3. The molecule has 0 unspecified atom stereocenters. The van der Waals surface area contributed by atoms with E-state index in [1.54, 1.807) is 0 Å². The third-order valence-electron chi connectivity index (χ3n) is 5.96. The summed E-state index contributed by atoms with van der Waals surface area (Å²) in [7, 11) is 1.45. The fourth-order valence-electron chi connectivity index (χ4n) is 4.17. The van der Waals surface area contributed by atoms with Crippen molar-refractivity contribution < 1.29 is 14.3 Å². The Labute approximate surface area is 179 Å². The molecule has 160 valence electrons. The van der Waals surface area contributed by atoms with E-state index in [9.17, 15) is 4.79 Å². The quantitative estimate of drug-likeness (QED) is 0.676.